The molecule has 33 heavy (non-hydrogen) atoms. The van der Waals surface area contributed by atoms with Crippen LogP contribution in [0.25, 0.3) is 22.3 Å². The number of ether oxygens (including phenoxy) is 4. The van der Waals surface area contributed by atoms with Crippen LogP contribution in [-0.4, -0.2) is 28.4 Å². The summed E-state index contributed by atoms with van der Waals surface area (Å²) in [5.74, 6) is 2.88. The Bertz CT molecular complexity index is 1310. The van der Waals surface area contributed by atoms with Crippen LogP contribution in [0.1, 0.15) is 22.3 Å². The van der Waals surface area contributed by atoms with Gasteiger partial charge in [0.25, 0.3) is 0 Å². The van der Waals surface area contributed by atoms with E-state index in [9.17, 15) is 0 Å². The van der Waals surface area contributed by atoms with Gasteiger partial charge in [-0.25, -0.2) is 0 Å². The molecule has 2 aliphatic rings. The van der Waals surface area contributed by atoms with Crippen molar-refractivity contribution in [3.8, 4) is 45.3 Å². The Morgan fingerprint density at radius 3 is 1.18 bits per heavy atom. The molecule has 0 N–H and O–H groups in total. The summed E-state index contributed by atoms with van der Waals surface area (Å²) in [5.41, 5.74) is 9.07. The lowest BCUT2D eigenvalue weighted by Gasteiger charge is -2.31. The molecule has 0 amide bonds. The molecule has 164 valence electrons. The van der Waals surface area contributed by atoms with Crippen molar-refractivity contribution < 1.29 is 18.9 Å². The molecule has 0 unspecified atom stereocenters. The second-order valence-corrected chi connectivity index (χ2v) is 8.35. The first-order valence-electron chi connectivity index (χ1n) is 10.9. The topological polar surface area (TPSA) is 36.9 Å². The predicted octanol–water partition coefficient (Wildman–Crippen LogP) is 6.06. The predicted molar refractivity (Wildman–Crippen MR) is 129 cm³/mol. The minimum absolute atomic E-state index is 0.489. The zero-order valence-corrected chi connectivity index (χ0v) is 19.1. The SMILES string of the molecule is COc1cc2c(cc1OC)C1(c3ccccc3-2)c2ccccc2-c2cc(OC)c(OC)cc21. The highest BCUT2D eigenvalue weighted by atomic mass is 16.5. The zero-order valence-electron chi connectivity index (χ0n) is 19.1. The number of rotatable bonds is 4. The molecule has 0 radical (unpaired) electrons. The van der Waals surface area contributed by atoms with Gasteiger partial charge in [-0.05, 0) is 68.8 Å². The molecule has 0 saturated carbocycles. The summed E-state index contributed by atoms with van der Waals surface area (Å²) in [6, 6.07) is 25.7. The minimum atomic E-state index is -0.489. The van der Waals surface area contributed by atoms with Crippen molar-refractivity contribution in [1.82, 2.24) is 0 Å². The number of benzene rings is 4. The molecule has 4 aromatic rings. The van der Waals surface area contributed by atoms with Crippen molar-refractivity contribution in [3.63, 3.8) is 0 Å². The quantitative estimate of drug-likeness (QED) is 0.336. The minimum Gasteiger partial charge on any atom is -0.493 e. The molecule has 0 aromatic heterocycles. The van der Waals surface area contributed by atoms with Gasteiger partial charge in [-0.2, -0.15) is 0 Å². The van der Waals surface area contributed by atoms with Crippen LogP contribution in [0.4, 0.5) is 0 Å². The molecular formula is C29H24O4. The van der Waals surface area contributed by atoms with Gasteiger partial charge in [0, 0.05) is 0 Å². The summed E-state index contributed by atoms with van der Waals surface area (Å²) < 4.78 is 22.8. The number of fused-ring (bicyclic) bond motifs is 10. The molecular weight excluding hydrogens is 412 g/mol. The fraction of sp³-hybridized carbons (Fsp3) is 0.172. The Hall–Kier alpha value is -3.92. The first-order valence-corrected chi connectivity index (χ1v) is 10.9. The van der Waals surface area contributed by atoms with E-state index in [1.165, 1.54) is 33.4 Å². The van der Waals surface area contributed by atoms with Crippen molar-refractivity contribution in [2.75, 3.05) is 28.4 Å². The van der Waals surface area contributed by atoms with Gasteiger partial charge in [-0.1, -0.05) is 48.5 Å². The third kappa shape index (κ3) is 2.35. The maximum Gasteiger partial charge on any atom is 0.161 e. The van der Waals surface area contributed by atoms with Crippen LogP contribution in [0, 0.1) is 0 Å². The van der Waals surface area contributed by atoms with Gasteiger partial charge >= 0.3 is 0 Å². The first kappa shape index (κ1) is 19.7. The van der Waals surface area contributed by atoms with Gasteiger partial charge in [0.15, 0.2) is 23.0 Å². The van der Waals surface area contributed by atoms with Gasteiger partial charge in [-0.15, -0.1) is 0 Å². The highest BCUT2D eigenvalue weighted by molar-refractivity contribution is 5.96. The Balaban J connectivity index is 1.81. The lowest BCUT2D eigenvalue weighted by Crippen LogP contribution is -2.26. The summed E-state index contributed by atoms with van der Waals surface area (Å²) in [7, 11) is 6.73. The number of hydrogen-bond donors (Lipinski definition) is 0. The average Bonchev–Trinajstić information content (AvgIpc) is 3.33. The van der Waals surface area contributed by atoms with Crippen LogP contribution in [0.15, 0.2) is 72.8 Å². The second-order valence-electron chi connectivity index (χ2n) is 8.35. The molecule has 6 rings (SSSR count). The third-order valence-electron chi connectivity index (χ3n) is 7.10. The lowest BCUT2D eigenvalue weighted by molar-refractivity contribution is 0.354. The van der Waals surface area contributed by atoms with E-state index in [0.29, 0.717) is 0 Å². The molecule has 0 heterocycles. The van der Waals surface area contributed by atoms with E-state index < -0.39 is 5.41 Å². The largest absolute Gasteiger partial charge is 0.493 e. The van der Waals surface area contributed by atoms with E-state index in [-0.39, 0.29) is 0 Å². The van der Waals surface area contributed by atoms with Crippen molar-refractivity contribution in [1.29, 1.82) is 0 Å². The maximum absolute atomic E-state index is 5.75. The van der Waals surface area contributed by atoms with E-state index >= 15 is 0 Å². The molecule has 4 nitrogen and oxygen atoms in total. The van der Waals surface area contributed by atoms with Crippen LogP contribution in [0.2, 0.25) is 0 Å². The fourth-order valence-corrected chi connectivity index (χ4v) is 5.78. The Morgan fingerprint density at radius 2 is 0.788 bits per heavy atom. The molecule has 0 aliphatic heterocycles. The van der Waals surface area contributed by atoms with Crippen molar-refractivity contribution in [3.05, 3.63) is 95.1 Å². The molecule has 0 atom stereocenters. The zero-order chi connectivity index (χ0) is 22.7. The van der Waals surface area contributed by atoms with Crippen LogP contribution < -0.4 is 18.9 Å². The normalized spacial score (nSPS) is 13.7. The van der Waals surface area contributed by atoms with E-state index in [4.69, 9.17) is 18.9 Å². The average molecular weight is 437 g/mol. The van der Waals surface area contributed by atoms with Crippen LogP contribution in [-0.2, 0) is 5.41 Å². The Kier molecular flexibility index (Phi) is 4.21. The van der Waals surface area contributed by atoms with E-state index in [1.54, 1.807) is 28.4 Å². The van der Waals surface area contributed by atoms with Gasteiger partial charge < -0.3 is 18.9 Å². The fourth-order valence-electron chi connectivity index (χ4n) is 5.78. The highest BCUT2D eigenvalue weighted by Crippen LogP contribution is 2.64. The van der Waals surface area contributed by atoms with Crippen LogP contribution in [0.3, 0.4) is 0 Å². The van der Waals surface area contributed by atoms with E-state index in [2.05, 4.69) is 72.8 Å². The molecule has 0 fully saturated rings. The maximum atomic E-state index is 5.75. The summed E-state index contributed by atoms with van der Waals surface area (Å²) >= 11 is 0. The van der Waals surface area contributed by atoms with Gasteiger partial charge in [-0.3, -0.25) is 0 Å². The Morgan fingerprint density at radius 1 is 0.424 bits per heavy atom. The van der Waals surface area contributed by atoms with Crippen LogP contribution in [0.5, 0.6) is 23.0 Å². The summed E-state index contributed by atoms with van der Waals surface area (Å²) in [5, 5.41) is 0. The highest BCUT2D eigenvalue weighted by Gasteiger charge is 2.52. The van der Waals surface area contributed by atoms with Crippen molar-refractivity contribution >= 4 is 0 Å². The monoisotopic (exact) mass is 436 g/mol. The summed E-state index contributed by atoms with van der Waals surface area (Å²) in [6.45, 7) is 0. The smallest absolute Gasteiger partial charge is 0.161 e. The number of hydrogen-bond acceptors (Lipinski definition) is 4. The molecule has 4 heteroatoms. The first-order chi connectivity index (χ1) is 16.2. The van der Waals surface area contributed by atoms with Gasteiger partial charge in [0.05, 0.1) is 33.9 Å². The second kappa shape index (κ2) is 7.04. The number of methoxy groups -OCH3 is 4. The van der Waals surface area contributed by atoms with Gasteiger partial charge in [0.2, 0.25) is 0 Å². The molecule has 0 bridgehead atoms. The molecule has 4 aromatic carbocycles. The van der Waals surface area contributed by atoms with Gasteiger partial charge in [0.1, 0.15) is 0 Å². The molecule has 1 spiro atoms. The van der Waals surface area contributed by atoms with Crippen molar-refractivity contribution in [2.24, 2.45) is 0 Å². The van der Waals surface area contributed by atoms with E-state index in [1.807, 2.05) is 0 Å². The van der Waals surface area contributed by atoms with E-state index in [0.717, 1.165) is 34.1 Å². The Labute approximate surface area is 193 Å². The molecule has 0 saturated heterocycles. The lowest BCUT2D eigenvalue weighted by atomic mass is 9.70. The third-order valence-corrected chi connectivity index (χ3v) is 7.10. The summed E-state index contributed by atoms with van der Waals surface area (Å²) in [4.78, 5) is 0. The van der Waals surface area contributed by atoms with Crippen LogP contribution >= 0.6 is 0 Å². The van der Waals surface area contributed by atoms with Crippen molar-refractivity contribution in [2.45, 2.75) is 5.41 Å². The molecule has 2 aliphatic carbocycles. The summed E-state index contributed by atoms with van der Waals surface area (Å²) in [6.07, 6.45) is 0. The standard InChI is InChI=1S/C29H24O4/c1-30-25-13-19-17-9-5-7-11-21(17)29(23(19)15-27(25)32-3)22-12-8-6-10-18(22)20-14-26(31-2)28(33-4)16-24(20)29/h5-16H,1-4H3.